The van der Waals surface area contributed by atoms with Crippen molar-refractivity contribution < 1.29 is 9.46 Å². The number of hydrogen-bond donors (Lipinski definition) is 1. The van der Waals surface area contributed by atoms with E-state index in [1.54, 1.807) is 0 Å². The van der Waals surface area contributed by atoms with Crippen LogP contribution in [0.4, 0.5) is 0 Å². The molecule has 0 aromatic heterocycles. The molecule has 0 saturated heterocycles. The smallest absolute Gasteiger partial charge is 0.206 e. The van der Waals surface area contributed by atoms with Crippen molar-refractivity contribution in [2.75, 3.05) is 0 Å². The molecule has 1 N–H and O–H groups in total. The van der Waals surface area contributed by atoms with Crippen LogP contribution < -0.4 is 0 Å². The summed E-state index contributed by atoms with van der Waals surface area (Å²) >= 11 is 2.91. The second-order valence-corrected chi connectivity index (χ2v) is 4.11. The third-order valence-electron chi connectivity index (χ3n) is 0.443. The highest BCUT2D eigenvalue weighted by Gasteiger charge is 2.00. The van der Waals surface area contributed by atoms with Crippen LogP contribution in [0.1, 0.15) is 0 Å². The second kappa shape index (κ2) is 3.42. The Morgan fingerprint density at radius 2 is 2.43 bits per heavy atom. The van der Waals surface area contributed by atoms with Crippen molar-refractivity contribution in [2.45, 2.75) is 4.57 Å². The lowest BCUT2D eigenvalue weighted by Gasteiger charge is -1.92. The third-order valence-corrected chi connectivity index (χ3v) is 2.70. The molecule has 0 saturated carbocycles. The average molecular weight is 185 g/mol. The normalized spacial score (nSPS) is 18.0. The molecule has 0 spiro atoms. The van der Waals surface area contributed by atoms with Crippen LogP contribution in [-0.2, 0) is 4.57 Å². The van der Waals surface area contributed by atoms with Crippen molar-refractivity contribution in [3.05, 3.63) is 12.7 Å². The van der Waals surface area contributed by atoms with Crippen LogP contribution in [0.2, 0.25) is 0 Å². The molecule has 0 bridgehead atoms. The number of alkyl halides is 1. The van der Waals surface area contributed by atoms with Crippen LogP contribution in [0, 0.1) is 0 Å². The first-order valence-electron chi connectivity index (χ1n) is 1.68. The van der Waals surface area contributed by atoms with Gasteiger partial charge in [0, 0.05) is 0 Å². The van der Waals surface area contributed by atoms with Gasteiger partial charge in [0.2, 0.25) is 8.03 Å². The van der Waals surface area contributed by atoms with Gasteiger partial charge in [0.15, 0.2) is 0 Å². The maximum Gasteiger partial charge on any atom is 0.206 e. The lowest BCUT2D eigenvalue weighted by atomic mass is 10.8. The molecular weight excluding hydrogens is 179 g/mol. The Labute approximate surface area is 51.2 Å². The van der Waals surface area contributed by atoms with Gasteiger partial charge in [0.25, 0.3) is 0 Å². The number of halogens is 1. The Kier molecular flexibility index (Phi) is 3.62. The maximum absolute atomic E-state index is 10.00. The summed E-state index contributed by atoms with van der Waals surface area (Å²) in [5, 5.41) is 0. The minimum absolute atomic E-state index is 0.419. The number of hydrogen-bond acceptors (Lipinski definition) is 1. The number of rotatable bonds is 2. The van der Waals surface area contributed by atoms with Crippen LogP contribution in [-0.4, -0.2) is 9.46 Å². The Balaban J connectivity index is 3.55. The van der Waals surface area contributed by atoms with Gasteiger partial charge in [-0.05, 0) is 0 Å². The molecule has 0 aromatic carbocycles. The van der Waals surface area contributed by atoms with E-state index in [9.17, 15) is 4.57 Å². The molecule has 0 aliphatic rings. The van der Waals surface area contributed by atoms with E-state index in [1.807, 2.05) is 0 Å². The Morgan fingerprint density at radius 1 is 2.00 bits per heavy atom. The van der Waals surface area contributed by atoms with Gasteiger partial charge < -0.3 is 4.89 Å². The van der Waals surface area contributed by atoms with Crippen LogP contribution in [0.5, 0.6) is 0 Å². The summed E-state index contributed by atoms with van der Waals surface area (Å²) in [4.78, 5) is 8.25. The molecular formula is C3H6BrO2P. The molecule has 0 aliphatic heterocycles. The lowest BCUT2D eigenvalue weighted by Crippen LogP contribution is -1.78. The van der Waals surface area contributed by atoms with Crippen molar-refractivity contribution in [3.8, 4) is 0 Å². The third kappa shape index (κ3) is 3.03. The predicted molar refractivity (Wildman–Crippen MR) is 34.1 cm³/mol. The second-order valence-electron chi connectivity index (χ2n) is 0.976. The van der Waals surface area contributed by atoms with Gasteiger partial charge in [-0.3, -0.25) is 4.57 Å². The van der Waals surface area contributed by atoms with Crippen LogP contribution in [0.25, 0.3) is 0 Å². The molecule has 2 nitrogen and oxygen atoms in total. The maximum atomic E-state index is 10.00. The largest absolute Gasteiger partial charge is 0.345 e. The zero-order chi connectivity index (χ0) is 5.86. The van der Waals surface area contributed by atoms with Crippen LogP contribution in [0.15, 0.2) is 12.7 Å². The molecule has 2 unspecified atom stereocenters. The molecule has 0 amide bonds. The van der Waals surface area contributed by atoms with Crippen LogP contribution in [0.3, 0.4) is 0 Å². The Hall–Kier alpha value is 0.410. The van der Waals surface area contributed by atoms with Crippen molar-refractivity contribution in [2.24, 2.45) is 0 Å². The summed E-state index contributed by atoms with van der Waals surface area (Å²) < 4.78 is 9.58. The summed E-state index contributed by atoms with van der Waals surface area (Å²) in [5.74, 6) is 0. The first kappa shape index (κ1) is 7.41. The average Bonchev–Trinajstić information content (AvgIpc) is 1.65. The molecule has 2 atom stereocenters. The minimum Gasteiger partial charge on any atom is -0.345 e. The van der Waals surface area contributed by atoms with E-state index in [4.69, 9.17) is 4.89 Å². The van der Waals surface area contributed by atoms with Gasteiger partial charge in [-0.25, -0.2) is 0 Å². The van der Waals surface area contributed by atoms with E-state index in [0.29, 0.717) is 0 Å². The molecule has 0 aromatic rings. The Morgan fingerprint density at radius 3 is 2.43 bits per heavy atom. The molecule has 4 heteroatoms. The van der Waals surface area contributed by atoms with Crippen molar-refractivity contribution in [3.63, 3.8) is 0 Å². The van der Waals surface area contributed by atoms with Crippen LogP contribution >= 0.6 is 24.0 Å². The van der Waals surface area contributed by atoms with E-state index >= 15 is 0 Å². The summed E-state index contributed by atoms with van der Waals surface area (Å²) in [5.41, 5.74) is 0. The molecule has 0 fully saturated rings. The predicted octanol–water partition coefficient (Wildman–Crippen LogP) is 1.36. The van der Waals surface area contributed by atoms with E-state index in [1.165, 1.54) is 6.08 Å². The summed E-state index contributed by atoms with van der Waals surface area (Å²) in [6.45, 7) is 3.30. The van der Waals surface area contributed by atoms with Crippen molar-refractivity contribution >= 4 is 24.0 Å². The topological polar surface area (TPSA) is 37.3 Å². The van der Waals surface area contributed by atoms with Gasteiger partial charge in [-0.1, -0.05) is 22.0 Å². The zero-order valence-electron chi connectivity index (χ0n) is 3.60. The minimum atomic E-state index is -2.41. The highest BCUT2D eigenvalue weighted by molar-refractivity contribution is 9.10. The zero-order valence-corrected chi connectivity index (χ0v) is 6.18. The van der Waals surface area contributed by atoms with E-state index in [-0.39, 0.29) is 0 Å². The molecule has 0 radical (unpaired) electrons. The fourth-order valence-electron chi connectivity index (χ4n) is 0.101. The van der Waals surface area contributed by atoms with Crippen molar-refractivity contribution in [1.82, 2.24) is 0 Å². The number of allylic oxidation sites excluding steroid dienone is 1. The highest BCUT2D eigenvalue weighted by Crippen LogP contribution is 2.27. The van der Waals surface area contributed by atoms with Crippen molar-refractivity contribution in [1.29, 1.82) is 0 Å². The molecule has 7 heavy (non-hydrogen) atoms. The van der Waals surface area contributed by atoms with E-state index in [2.05, 4.69) is 22.5 Å². The van der Waals surface area contributed by atoms with Gasteiger partial charge in [-0.15, -0.1) is 6.58 Å². The summed E-state index contributed by atoms with van der Waals surface area (Å²) in [7, 11) is -2.41. The first-order valence-corrected chi connectivity index (χ1v) is 4.02. The Bertz CT molecular complexity index is 92.9. The fourth-order valence-corrected chi connectivity index (χ4v) is 0.302. The molecule has 42 valence electrons. The molecule has 0 heterocycles. The standard InChI is InChI=1S/C3H6BrO2P/c1-2-3(4)7(5)6/h2-3,7H,1H2,(H,5,6). The highest BCUT2D eigenvalue weighted by atomic mass is 79.9. The van der Waals surface area contributed by atoms with Gasteiger partial charge in [0.1, 0.15) is 4.57 Å². The first-order chi connectivity index (χ1) is 3.18. The monoisotopic (exact) mass is 184 g/mol. The molecule has 0 rings (SSSR count). The molecule has 0 aliphatic carbocycles. The lowest BCUT2D eigenvalue weighted by molar-refractivity contribution is 0.504. The van der Waals surface area contributed by atoms with E-state index < -0.39 is 12.6 Å². The summed E-state index contributed by atoms with van der Waals surface area (Å²) in [6, 6.07) is 0. The van der Waals surface area contributed by atoms with Gasteiger partial charge in [0.05, 0.1) is 0 Å². The van der Waals surface area contributed by atoms with Gasteiger partial charge >= 0.3 is 0 Å². The fraction of sp³-hybridized carbons (Fsp3) is 0.333. The quantitative estimate of drug-likeness (QED) is 0.400. The summed E-state index contributed by atoms with van der Waals surface area (Å²) in [6.07, 6.45) is 1.39. The van der Waals surface area contributed by atoms with E-state index in [0.717, 1.165) is 0 Å². The SMILES string of the molecule is C=CC(Br)[PH](=O)O. The van der Waals surface area contributed by atoms with Gasteiger partial charge in [-0.2, -0.15) is 0 Å².